The monoisotopic (exact) mass is 308 g/mol. The van der Waals surface area contributed by atoms with E-state index < -0.39 is 11.6 Å². The quantitative estimate of drug-likeness (QED) is 0.721. The molecule has 0 bridgehead atoms. The lowest BCUT2D eigenvalue weighted by atomic mass is 9.96. The lowest BCUT2D eigenvalue weighted by Crippen LogP contribution is -1.97. The summed E-state index contributed by atoms with van der Waals surface area (Å²) in [5.74, 6) is -1.16. The Bertz CT molecular complexity index is 559. The van der Waals surface area contributed by atoms with Gasteiger partial charge in [0, 0.05) is 4.47 Å². The third kappa shape index (κ3) is 2.07. The molecule has 2 aromatic rings. The van der Waals surface area contributed by atoms with Gasteiger partial charge < -0.3 is 0 Å². The molecule has 3 heteroatoms. The van der Waals surface area contributed by atoms with Gasteiger partial charge in [-0.05, 0) is 59.7 Å². The van der Waals surface area contributed by atoms with Gasteiger partial charge >= 0.3 is 0 Å². The van der Waals surface area contributed by atoms with E-state index in [9.17, 15) is 8.78 Å². The summed E-state index contributed by atoms with van der Waals surface area (Å²) in [4.78, 5) is 0. The SMILES string of the molecule is Fc1cc2c(cc1F)CC(c1ccc(Br)cc1)C2. The molecule has 0 N–H and O–H groups in total. The highest BCUT2D eigenvalue weighted by atomic mass is 79.9. The van der Waals surface area contributed by atoms with Crippen molar-refractivity contribution in [3.8, 4) is 0 Å². The van der Waals surface area contributed by atoms with E-state index >= 15 is 0 Å². The van der Waals surface area contributed by atoms with Crippen LogP contribution in [0.25, 0.3) is 0 Å². The van der Waals surface area contributed by atoms with Gasteiger partial charge in [-0.3, -0.25) is 0 Å². The van der Waals surface area contributed by atoms with Crippen LogP contribution in [0.5, 0.6) is 0 Å². The highest BCUT2D eigenvalue weighted by molar-refractivity contribution is 9.10. The molecule has 1 aliphatic rings. The number of benzene rings is 2. The fraction of sp³-hybridized carbons (Fsp3) is 0.200. The molecular weight excluding hydrogens is 298 g/mol. The predicted molar refractivity (Wildman–Crippen MR) is 70.6 cm³/mol. The number of rotatable bonds is 1. The second-order valence-electron chi connectivity index (χ2n) is 4.69. The van der Waals surface area contributed by atoms with E-state index in [0.29, 0.717) is 5.92 Å². The molecule has 3 rings (SSSR count). The maximum atomic E-state index is 13.2. The average molecular weight is 309 g/mol. The zero-order valence-corrected chi connectivity index (χ0v) is 11.2. The van der Waals surface area contributed by atoms with Gasteiger partial charge in [0.05, 0.1) is 0 Å². The van der Waals surface area contributed by atoms with Crippen LogP contribution >= 0.6 is 15.9 Å². The van der Waals surface area contributed by atoms with Crippen molar-refractivity contribution in [1.29, 1.82) is 0 Å². The number of hydrogen-bond acceptors (Lipinski definition) is 0. The molecule has 0 nitrogen and oxygen atoms in total. The summed E-state index contributed by atoms with van der Waals surface area (Å²) in [5, 5.41) is 0. The predicted octanol–water partition coefficient (Wildman–Crippen LogP) is 4.61. The van der Waals surface area contributed by atoms with Crippen molar-refractivity contribution < 1.29 is 8.78 Å². The molecule has 0 aromatic heterocycles. The Kier molecular flexibility index (Phi) is 2.94. The van der Waals surface area contributed by atoms with Gasteiger partial charge in [0.15, 0.2) is 11.6 Å². The van der Waals surface area contributed by atoms with Crippen molar-refractivity contribution >= 4 is 15.9 Å². The molecule has 0 aliphatic heterocycles. The second-order valence-corrected chi connectivity index (χ2v) is 5.61. The molecule has 0 amide bonds. The Morgan fingerprint density at radius 2 is 1.39 bits per heavy atom. The molecule has 2 aromatic carbocycles. The van der Waals surface area contributed by atoms with Crippen molar-refractivity contribution in [2.45, 2.75) is 18.8 Å². The van der Waals surface area contributed by atoms with Crippen LogP contribution < -0.4 is 0 Å². The molecule has 0 fully saturated rings. The van der Waals surface area contributed by atoms with Crippen molar-refractivity contribution in [2.24, 2.45) is 0 Å². The largest absolute Gasteiger partial charge is 0.204 e. The van der Waals surface area contributed by atoms with Gasteiger partial charge in [0.2, 0.25) is 0 Å². The Hall–Kier alpha value is -1.22. The third-order valence-corrected chi connectivity index (χ3v) is 4.05. The molecule has 0 radical (unpaired) electrons. The van der Waals surface area contributed by atoms with E-state index in [4.69, 9.17) is 0 Å². The van der Waals surface area contributed by atoms with Gasteiger partial charge in [-0.15, -0.1) is 0 Å². The molecule has 92 valence electrons. The van der Waals surface area contributed by atoms with E-state index in [1.807, 2.05) is 12.1 Å². The summed E-state index contributed by atoms with van der Waals surface area (Å²) in [6, 6.07) is 10.8. The Morgan fingerprint density at radius 1 is 0.889 bits per heavy atom. The first-order valence-electron chi connectivity index (χ1n) is 5.86. The lowest BCUT2D eigenvalue weighted by Gasteiger charge is -2.09. The lowest BCUT2D eigenvalue weighted by molar-refractivity contribution is 0.507. The van der Waals surface area contributed by atoms with Crippen LogP contribution in [0.3, 0.4) is 0 Å². The Morgan fingerprint density at radius 3 is 1.89 bits per heavy atom. The normalized spacial score (nSPS) is 14.8. The van der Waals surface area contributed by atoms with Crippen LogP contribution in [0.2, 0.25) is 0 Å². The Labute approximate surface area is 113 Å². The summed E-state index contributed by atoms with van der Waals surface area (Å²) < 4.78 is 27.4. The molecule has 18 heavy (non-hydrogen) atoms. The Balaban J connectivity index is 1.91. The van der Waals surface area contributed by atoms with E-state index in [1.54, 1.807) is 0 Å². The minimum atomic E-state index is -0.745. The maximum absolute atomic E-state index is 13.2. The van der Waals surface area contributed by atoms with Crippen LogP contribution in [0.4, 0.5) is 8.78 Å². The third-order valence-electron chi connectivity index (χ3n) is 3.52. The minimum absolute atomic E-state index is 0.328. The van der Waals surface area contributed by atoms with Crippen molar-refractivity contribution in [1.82, 2.24) is 0 Å². The van der Waals surface area contributed by atoms with Gasteiger partial charge in [-0.1, -0.05) is 28.1 Å². The van der Waals surface area contributed by atoms with Crippen molar-refractivity contribution in [3.05, 3.63) is 69.2 Å². The topological polar surface area (TPSA) is 0 Å². The molecule has 1 aliphatic carbocycles. The van der Waals surface area contributed by atoms with Gasteiger partial charge in [0.1, 0.15) is 0 Å². The number of hydrogen-bond donors (Lipinski definition) is 0. The van der Waals surface area contributed by atoms with Gasteiger partial charge in [0.25, 0.3) is 0 Å². The standard InChI is InChI=1S/C15H11BrF2/c16-13-3-1-9(2-4-13)10-5-11-7-14(17)15(18)8-12(11)6-10/h1-4,7-8,10H,5-6H2. The highest BCUT2D eigenvalue weighted by Crippen LogP contribution is 2.35. The van der Waals surface area contributed by atoms with Crippen LogP contribution in [0, 0.1) is 11.6 Å². The molecule has 0 saturated carbocycles. The fourth-order valence-corrected chi connectivity index (χ4v) is 2.85. The zero-order valence-electron chi connectivity index (χ0n) is 9.59. The maximum Gasteiger partial charge on any atom is 0.159 e. The summed E-state index contributed by atoms with van der Waals surface area (Å²) in [6.45, 7) is 0. The summed E-state index contributed by atoms with van der Waals surface area (Å²) in [5.41, 5.74) is 3.08. The van der Waals surface area contributed by atoms with Gasteiger partial charge in [-0.2, -0.15) is 0 Å². The van der Waals surface area contributed by atoms with E-state index in [1.165, 1.54) is 17.7 Å². The smallest absolute Gasteiger partial charge is 0.159 e. The minimum Gasteiger partial charge on any atom is -0.204 e. The van der Waals surface area contributed by atoms with Crippen molar-refractivity contribution in [3.63, 3.8) is 0 Å². The molecule has 0 heterocycles. The summed E-state index contributed by atoms with van der Waals surface area (Å²) >= 11 is 3.40. The number of halogens is 3. The van der Waals surface area contributed by atoms with E-state index in [-0.39, 0.29) is 0 Å². The summed E-state index contributed by atoms with van der Waals surface area (Å²) in [7, 11) is 0. The van der Waals surface area contributed by atoms with Crippen LogP contribution in [-0.2, 0) is 12.8 Å². The molecule has 0 unspecified atom stereocenters. The zero-order chi connectivity index (χ0) is 12.7. The van der Waals surface area contributed by atoms with Crippen molar-refractivity contribution in [2.75, 3.05) is 0 Å². The highest BCUT2D eigenvalue weighted by Gasteiger charge is 2.24. The van der Waals surface area contributed by atoms with Gasteiger partial charge in [-0.25, -0.2) is 8.78 Å². The first-order chi connectivity index (χ1) is 8.63. The molecule has 0 saturated heterocycles. The van der Waals surface area contributed by atoms with Crippen LogP contribution in [-0.4, -0.2) is 0 Å². The van der Waals surface area contributed by atoms with Crippen LogP contribution in [0.15, 0.2) is 40.9 Å². The molecule has 0 atom stereocenters. The first kappa shape index (κ1) is 11.8. The number of fused-ring (bicyclic) bond motifs is 1. The second kappa shape index (κ2) is 4.47. The van der Waals surface area contributed by atoms with Crippen LogP contribution in [0.1, 0.15) is 22.6 Å². The van der Waals surface area contributed by atoms with E-state index in [2.05, 4.69) is 28.1 Å². The first-order valence-corrected chi connectivity index (χ1v) is 6.65. The average Bonchev–Trinajstić information content (AvgIpc) is 2.73. The molecule has 0 spiro atoms. The molecular formula is C15H11BrF2. The summed E-state index contributed by atoms with van der Waals surface area (Å²) in [6.07, 6.45) is 1.57. The van der Waals surface area contributed by atoms with E-state index in [0.717, 1.165) is 28.4 Å². The fourth-order valence-electron chi connectivity index (χ4n) is 2.58.